The fraction of sp³-hybridized carbons (Fsp3) is 0.192. The summed E-state index contributed by atoms with van der Waals surface area (Å²) in [5.41, 5.74) is 2.22. The Hall–Kier alpha value is -3.18. The second-order valence-electron chi connectivity index (χ2n) is 8.34. The van der Waals surface area contributed by atoms with E-state index in [0.29, 0.717) is 17.8 Å². The zero-order valence-electron chi connectivity index (χ0n) is 20.6. The first-order valence-corrected chi connectivity index (χ1v) is 13.0. The Bertz CT molecular complexity index is 1490. The first-order valence-electron chi connectivity index (χ1n) is 11.6. The van der Waals surface area contributed by atoms with Crippen LogP contribution in [0.3, 0.4) is 0 Å². The fourth-order valence-electron chi connectivity index (χ4n) is 4.31. The van der Waals surface area contributed by atoms with Crippen molar-refractivity contribution >= 4 is 27.3 Å². The molecule has 5 rings (SSSR count). The van der Waals surface area contributed by atoms with Gasteiger partial charge in [0.25, 0.3) is 10.0 Å². The van der Waals surface area contributed by atoms with Gasteiger partial charge in [0.1, 0.15) is 4.90 Å². The number of amides is 1. The number of carbonyl (C=O) groups excluding carboxylic acids is 1. The van der Waals surface area contributed by atoms with Crippen molar-refractivity contribution in [1.82, 2.24) is 14.8 Å². The van der Waals surface area contributed by atoms with Crippen LogP contribution in [0.1, 0.15) is 24.6 Å². The molecule has 0 atom stereocenters. The molecule has 0 spiro atoms. The summed E-state index contributed by atoms with van der Waals surface area (Å²) in [6.45, 7) is 2.27. The van der Waals surface area contributed by atoms with Gasteiger partial charge in [-0.15, -0.1) is 0 Å². The second kappa shape index (κ2) is 11.1. The van der Waals surface area contributed by atoms with Crippen LogP contribution in [0.2, 0.25) is 0 Å². The molecular formula is C26H24N5NaO4S. The number of anilines is 2. The summed E-state index contributed by atoms with van der Waals surface area (Å²) in [5.74, 6) is -0.419. The smallest absolute Gasteiger partial charge is 0.857 e. The largest absolute Gasteiger partial charge is 1.00 e. The SMILES string of the molecule is CCN(c1ccccc1)S(=O)(=O)c1ccc(-n2nc3c(c2[O-])N(Cc2ccccc2)C(=O)CC3)nc1.[Na+]. The van der Waals surface area contributed by atoms with Crippen LogP contribution in [0.15, 0.2) is 83.9 Å². The molecule has 1 aliphatic heterocycles. The van der Waals surface area contributed by atoms with E-state index in [4.69, 9.17) is 0 Å². The minimum absolute atomic E-state index is 0. The summed E-state index contributed by atoms with van der Waals surface area (Å²) in [6, 6.07) is 21.1. The number of hydrogen-bond acceptors (Lipinski definition) is 6. The summed E-state index contributed by atoms with van der Waals surface area (Å²) in [5, 5.41) is 17.7. The van der Waals surface area contributed by atoms with E-state index in [9.17, 15) is 18.3 Å². The molecular weight excluding hydrogens is 501 g/mol. The van der Waals surface area contributed by atoms with Crippen molar-refractivity contribution < 1.29 is 47.9 Å². The topological polar surface area (TPSA) is 111 Å². The van der Waals surface area contributed by atoms with Gasteiger partial charge in [-0.3, -0.25) is 9.10 Å². The first kappa shape index (κ1) is 26.9. The van der Waals surface area contributed by atoms with Crippen LogP contribution < -0.4 is 43.9 Å². The van der Waals surface area contributed by atoms with E-state index in [0.717, 1.165) is 10.2 Å². The van der Waals surface area contributed by atoms with Crippen molar-refractivity contribution in [3.63, 3.8) is 0 Å². The minimum atomic E-state index is -3.86. The molecule has 2 aromatic carbocycles. The van der Waals surface area contributed by atoms with Crippen LogP contribution in [0, 0.1) is 0 Å². The molecule has 0 unspecified atom stereocenters. The van der Waals surface area contributed by atoms with Gasteiger partial charge in [-0.05, 0) is 36.8 Å². The van der Waals surface area contributed by atoms with Gasteiger partial charge in [0.05, 0.1) is 23.6 Å². The number of para-hydroxylation sites is 1. The predicted octanol–water partition coefficient (Wildman–Crippen LogP) is 0.0395. The standard InChI is InChI=1S/C26H25N5O4S.Na/c1-2-30(20-11-7-4-8-12-20)36(34,35)21-13-15-23(27-17-21)31-26(33)25-22(28-31)14-16-24(32)29(25)18-19-9-5-3-6-10-19;/h3-13,15,17,33H,2,14,16,18H2,1H3;/q;+1/p-1. The maximum absolute atomic E-state index is 13.3. The van der Waals surface area contributed by atoms with E-state index in [1.165, 1.54) is 27.5 Å². The van der Waals surface area contributed by atoms with Crippen LogP contribution in [0.25, 0.3) is 5.82 Å². The Morgan fingerprint density at radius 2 is 1.65 bits per heavy atom. The van der Waals surface area contributed by atoms with Crippen LogP contribution in [-0.2, 0) is 27.8 Å². The van der Waals surface area contributed by atoms with E-state index in [2.05, 4.69) is 10.1 Å². The number of benzene rings is 2. The average molecular weight is 526 g/mol. The molecule has 0 N–H and O–H groups in total. The fourth-order valence-corrected chi connectivity index (χ4v) is 5.73. The molecule has 9 nitrogen and oxygen atoms in total. The van der Waals surface area contributed by atoms with E-state index >= 15 is 0 Å². The first-order chi connectivity index (χ1) is 17.4. The van der Waals surface area contributed by atoms with Crippen molar-refractivity contribution in [3.05, 3.63) is 90.3 Å². The Labute approximate surface area is 237 Å². The summed E-state index contributed by atoms with van der Waals surface area (Å²) in [4.78, 5) is 18.4. The Kier molecular flexibility index (Phi) is 8.03. The molecule has 0 fully saturated rings. The van der Waals surface area contributed by atoms with Crippen molar-refractivity contribution in [2.75, 3.05) is 15.7 Å². The summed E-state index contributed by atoms with van der Waals surface area (Å²) in [7, 11) is -3.86. The van der Waals surface area contributed by atoms with Gasteiger partial charge in [0.15, 0.2) is 5.82 Å². The third-order valence-corrected chi connectivity index (χ3v) is 7.96. The quantitative estimate of drug-likeness (QED) is 0.315. The van der Waals surface area contributed by atoms with Crippen LogP contribution in [-0.4, -0.2) is 35.6 Å². The number of hydrogen-bond donors (Lipinski definition) is 0. The zero-order chi connectivity index (χ0) is 25.3. The number of aromatic nitrogens is 3. The molecule has 184 valence electrons. The third kappa shape index (κ3) is 5.15. The number of fused-ring (bicyclic) bond motifs is 1. The van der Waals surface area contributed by atoms with Gasteiger partial charge in [-0.2, -0.15) is 5.10 Å². The molecule has 2 aromatic heterocycles. The van der Waals surface area contributed by atoms with E-state index in [1.807, 2.05) is 36.4 Å². The molecule has 0 saturated carbocycles. The average Bonchev–Trinajstić information content (AvgIpc) is 3.24. The summed E-state index contributed by atoms with van der Waals surface area (Å²) < 4.78 is 28.9. The molecule has 0 aliphatic carbocycles. The van der Waals surface area contributed by atoms with Crippen LogP contribution in [0.5, 0.6) is 5.88 Å². The van der Waals surface area contributed by atoms with Crippen molar-refractivity contribution in [2.45, 2.75) is 31.2 Å². The Balaban J connectivity index is 0.00000320. The predicted molar refractivity (Wildman–Crippen MR) is 133 cm³/mol. The number of nitrogens with zero attached hydrogens (tertiary/aromatic N) is 5. The van der Waals surface area contributed by atoms with Crippen LogP contribution >= 0.6 is 0 Å². The normalized spacial score (nSPS) is 13.1. The van der Waals surface area contributed by atoms with Gasteiger partial charge >= 0.3 is 29.6 Å². The van der Waals surface area contributed by atoms with Crippen molar-refractivity contribution in [3.8, 4) is 11.7 Å². The number of carbonyl (C=O) groups is 1. The summed E-state index contributed by atoms with van der Waals surface area (Å²) in [6.07, 6.45) is 1.84. The Morgan fingerprint density at radius 3 is 2.27 bits per heavy atom. The molecule has 0 bridgehead atoms. The van der Waals surface area contributed by atoms with Crippen molar-refractivity contribution in [2.24, 2.45) is 0 Å². The molecule has 1 amide bonds. The molecule has 0 radical (unpaired) electrons. The van der Waals surface area contributed by atoms with Crippen LogP contribution in [0.4, 0.5) is 11.4 Å². The molecule has 1 aliphatic rings. The van der Waals surface area contributed by atoms with Gasteiger partial charge in [0.2, 0.25) is 5.91 Å². The van der Waals surface area contributed by atoms with Gasteiger partial charge in [0, 0.05) is 31.5 Å². The summed E-state index contributed by atoms with van der Waals surface area (Å²) >= 11 is 0. The van der Waals surface area contributed by atoms with E-state index in [1.54, 1.807) is 31.2 Å². The number of aryl methyl sites for hydroxylation is 1. The second-order valence-corrected chi connectivity index (χ2v) is 10.2. The number of rotatable bonds is 7. The number of pyridine rings is 1. The molecule has 37 heavy (non-hydrogen) atoms. The van der Waals surface area contributed by atoms with Gasteiger partial charge < -0.3 is 10.0 Å². The van der Waals surface area contributed by atoms with Gasteiger partial charge in [-0.25, -0.2) is 18.1 Å². The number of sulfonamides is 1. The zero-order valence-corrected chi connectivity index (χ0v) is 23.4. The minimum Gasteiger partial charge on any atom is -0.857 e. The van der Waals surface area contributed by atoms with Gasteiger partial charge in [-0.1, -0.05) is 48.5 Å². The maximum Gasteiger partial charge on any atom is 1.00 e. The van der Waals surface area contributed by atoms with E-state index < -0.39 is 15.9 Å². The Morgan fingerprint density at radius 1 is 0.973 bits per heavy atom. The molecule has 3 heterocycles. The van der Waals surface area contributed by atoms with Crippen molar-refractivity contribution in [1.29, 1.82) is 0 Å². The molecule has 4 aromatic rings. The third-order valence-electron chi connectivity index (χ3n) is 6.08. The van der Waals surface area contributed by atoms with E-state index in [-0.39, 0.29) is 71.4 Å². The molecule has 0 saturated heterocycles. The maximum atomic E-state index is 13.3. The molecule has 11 heteroatoms. The monoisotopic (exact) mass is 525 g/mol.